The molecule has 0 radical (unpaired) electrons. The van der Waals surface area contributed by atoms with Gasteiger partial charge in [-0.25, -0.2) is 15.0 Å². The van der Waals surface area contributed by atoms with Crippen LogP contribution in [0.3, 0.4) is 0 Å². The summed E-state index contributed by atoms with van der Waals surface area (Å²) in [6.45, 7) is 24.6. The van der Waals surface area contributed by atoms with Gasteiger partial charge in [-0.05, 0) is 79.9 Å². The number of aromatic nitrogens is 3. The van der Waals surface area contributed by atoms with Crippen molar-refractivity contribution in [1.29, 1.82) is 0 Å². The molecule has 5 nitrogen and oxygen atoms in total. The standard InChI is InChI=1S/C16H27N3.C15H24N2/c1-11(2)14-6-8-19(9-7-14)16-17-10-15(12(3)4)13(5)18-16;1-5-13-8-9-17(10-13)15-7-6-14(11(2)3)12(4)16-15/h10-12,14H,6-9H2,1-5H3;6-7,11,13H,5,8-10H2,1-4H3. The Morgan fingerprint density at radius 1 is 0.806 bits per heavy atom. The second-order valence-electron chi connectivity index (χ2n) is 11.9. The molecule has 4 rings (SSSR count). The molecule has 1 unspecified atom stereocenters. The Morgan fingerprint density at radius 2 is 1.42 bits per heavy atom. The lowest BCUT2D eigenvalue weighted by molar-refractivity contribution is 0.310. The molecule has 36 heavy (non-hydrogen) atoms. The van der Waals surface area contributed by atoms with E-state index in [1.807, 2.05) is 6.20 Å². The van der Waals surface area contributed by atoms with E-state index >= 15 is 0 Å². The molecule has 4 heterocycles. The van der Waals surface area contributed by atoms with Crippen LogP contribution in [0.1, 0.15) is 109 Å². The SMILES string of the molecule is CCC1CCN(c2ccc(C(C)C)c(C)n2)C1.Cc1nc(N2CCC(C(C)C)CC2)ncc1C(C)C. The van der Waals surface area contributed by atoms with Crippen molar-refractivity contribution in [3.63, 3.8) is 0 Å². The van der Waals surface area contributed by atoms with Crippen molar-refractivity contribution in [2.45, 2.75) is 99.8 Å². The summed E-state index contributed by atoms with van der Waals surface area (Å²) in [7, 11) is 0. The molecular weight excluding hydrogens is 442 g/mol. The quantitative estimate of drug-likeness (QED) is 0.416. The fourth-order valence-electron chi connectivity index (χ4n) is 5.67. The van der Waals surface area contributed by atoms with Gasteiger partial charge < -0.3 is 9.80 Å². The van der Waals surface area contributed by atoms with E-state index in [-0.39, 0.29) is 0 Å². The van der Waals surface area contributed by atoms with Gasteiger partial charge in [-0.15, -0.1) is 0 Å². The van der Waals surface area contributed by atoms with E-state index in [1.165, 1.54) is 61.4 Å². The van der Waals surface area contributed by atoms with Crippen molar-refractivity contribution in [3.05, 3.63) is 40.8 Å². The number of anilines is 2. The van der Waals surface area contributed by atoms with Crippen molar-refractivity contribution in [2.24, 2.45) is 17.8 Å². The Kier molecular flexibility index (Phi) is 10.2. The maximum absolute atomic E-state index is 4.77. The van der Waals surface area contributed by atoms with Gasteiger partial charge in [0.1, 0.15) is 5.82 Å². The van der Waals surface area contributed by atoms with Crippen molar-refractivity contribution < 1.29 is 0 Å². The maximum atomic E-state index is 4.77. The van der Waals surface area contributed by atoms with E-state index in [2.05, 4.69) is 89.2 Å². The number of piperidine rings is 1. The monoisotopic (exact) mass is 493 g/mol. The number of nitrogens with zero attached hydrogens (tertiary/aromatic N) is 5. The molecule has 5 heteroatoms. The van der Waals surface area contributed by atoms with Gasteiger partial charge in [-0.3, -0.25) is 0 Å². The van der Waals surface area contributed by atoms with Crippen LogP contribution >= 0.6 is 0 Å². The first-order valence-corrected chi connectivity index (χ1v) is 14.4. The first-order chi connectivity index (χ1) is 17.1. The van der Waals surface area contributed by atoms with Gasteiger partial charge in [-0.1, -0.05) is 61.0 Å². The minimum atomic E-state index is 0.501. The number of hydrogen-bond acceptors (Lipinski definition) is 5. The molecule has 2 aliphatic rings. The molecule has 0 amide bonds. The normalized spacial score (nSPS) is 18.8. The van der Waals surface area contributed by atoms with Crippen LogP contribution in [-0.4, -0.2) is 41.1 Å². The van der Waals surface area contributed by atoms with Gasteiger partial charge in [0.25, 0.3) is 0 Å². The first kappa shape index (κ1) is 28.4. The summed E-state index contributed by atoms with van der Waals surface area (Å²) in [6, 6.07) is 4.45. The van der Waals surface area contributed by atoms with Crippen LogP contribution < -0.4 is 9.80 Å². The molecule has 0 bridgehead atoms. The Balaban J connectivity index is 0.000000202. The Labute approximate surface area is 221 Å². The lowest BCUT2D eigenvalue weighted by Crippen LogP contribution is -2.36. The van der Waals surface area contributed by atoms with Crippen molar-refractivity contribution >= 4 is 11.8 Å². The second kappa shape index (κ2) is 12.9. The highest BCUT2D eigenvalue weighted by atomic mass is 15.3. The predicted octanol–water partition coefficient (Wildman–Crippen LogP) is 7.53. The van der Waals surface area contributed by atoms with Crippen LogP contribution in [0.25, 0.3) is 0 Å². The summed E-state index contributed by atoms with van der Waals surface area (Å²) in [5.41, 5.74) is 4.96. The first-order valence-electron chi connectivity index (χ1n) is 14.4. The molecule has 1 atom stereocenters. The summed E-state index contributed by atoms with van der Waals surface area (Å²) in [5.74, 6) is 5.69. The zero-order valence-electron chi connectivity index (χ0n) is 24.5. The van der Waals surface area contributed by atoms with Gasteiger partial charge in [0.2, 0.25) is 5.95 Å². The topological polar surface area (TPSA) is 45.2 Å². The second-order valence-corrected chi connectivity index (χ2v) is 11.9. The average molecular weight is 494 g/mol. The molecule has 2 fully saturated rings. The van der Waals surface area contributed by atoms with Gasteiger partial charge in [-0.2, -0.15) is 0 Å². The van der Waals surface area contributed by atoms with Crippen molar-refractivity contribution in [3.8, 4) is 0 Å². The highest BCUT2D eigenvalue weighted by Crippen LogP contribution is 2.28. The molecule has 2 aromatic heterocycles. The molecule has 2 aliphatic heterocycles. The minimum absolute atomic E-state index is 0.501. The van der Waals surface area contributed by atoms with Gasteiger partial charge in [0.05, 0.1) is 0 Å². The molecule has 2 aromatic rings. The molecule has 0 saturated carbocycles. The molecule has 0 aliphatic carbocycles. The van der Waals surface area contributed by atoms with Gasteiger partial charge in [0.15, 0.2) is 0 Å². The van der Waals surface area contributed by atoms with Crippen molar-refractivity contribution in [2.75, 3.05) is 36.0 Å². The molecule has 0 aromatic carbocycles. The Bertz CT molecular complexity index is 959. The zero-order chi connectivity index (χ0) is 26.4. The third-order valence-electron chi connectivity index (χ3n) is 8.31. The molecule has 2 saturated heterocycles. The van der Waals surface area contributed by atoms with E-state index in [4.69, 9.17) is 9.97 Å². The largest absolute Gasteiger partial charge is 0.356 e. The Hall–Kier alpha value is -2.17. The summed E-state index contributed by atoms with van der Waals surface area (Å²) >= 11 is 0. The van der Waals surface area contributed by atoms with Crippen LogP contribution in [0, 0.1) is 31.6 Å². The molecule has 0 spiro atoms. The number of pyridine rings is 1. The number of hydrogen-bond donors (Lipinski definition) is 0. The third-order valence-corrected chi connectivity index (χ3v) is 8.31. The fraction of sp³-hybridized carbons (Fsp3) is 0.710. The molecular formula is C31H51N5. The van der Waals surface area contributed by atoms with Crippen LogP contribution in [-0.2, 0) is 0 Å². The molecule has 0 N–H and O–H groups in total. The van der Waals surface area contributed by atoms with E-state index in [0.29, 0.717) is 11.8 Å². The van der Waals surface area contributed by atoms with Crippen LogP contribution in [0.4, 0.5) is 11.8 Å². The van der Waals surface area contributed by atoms with Crippen LogP contribution in [0.5, 0.6) is 0 Å². The highest BCUT2D eigenvalue weighted by molar-refractivity contribution is 5.43. The summed E-state index contributed by atoms with van der Waals surface area (Å²) in [6.07, 6.45) is 7.16. The van der Waals surface area contributed by atoms with Crippen LogP contribution in [0.15, 0.2) is 18.3 Å². The van der Waals surface area contributed by atoms with E-state index in [0.717, 1.165) is 42.5 Å². The van der Waals surface area contributed by atoms with E-state index in [1.54, 1.807) is 0 Å². The smallest absolute Gasteiger partial charge is 0.225 e. The van der Waals surface area contributed by atoms with Gasteiger partial charge >= 0.3 is 0 Å². The lowest BCUT2D eigenvalue weighted by atomic mass is 9.87. The summed E-state index contributed by atoms with van der Waals surface area (Å²) in [5, 5.41) is 0. The Morgan fingerprint density at radius 3 is 1.92 bits per heavy atom. The van der Waals surface area contributed by atoms with Gasteiger partial charge in [0, 0.05) is 43.8 Å². The highest BCUT2D eigenvalue weighted by Gasteiger charge is 2.24. The predicted molar refractivity (Wildman–Crippen MR) is 154 cm³/mol. The summed E-state index contributed by atoms with van der Waals surface area (Å²) < 4.78 is 0. The fourth-order valence-corrected chi connectivity index (χ4v) is 5.67. The zero-order valence-corrected chi connectivity index (χ0v) is 24.5. The summed E-state index contributed by atoms with van der Waals surface area (Å²) in [4.78, 5) is 18.8. The molecule has 200 valence electrons. The lowest BCUT2D eigenvalue weighted by Gasteiger charge is -2.34. The van der Waals surface area contributed by atoms with Crippen LogP contribution in [0.2, 0.25) is 0 Å². The maximum Gasteiger partial charge on any atom is 0.225 e. The number of rotatable bonds is 6. The number of aryl methyl sites for hydroxylation is 2. The van der Waals surface area contributed by atoms with E-state index < -0.39 is 0 Å². The van der Waals surface area contributed by atoms with E-state index in [9.17, 15) is 0 Å². The average Bonchev–Trinajstić information content (AvgIpc) is 3.33. The third kappa shape index (κ3) is 7.20. The minimum Gasteiger partial charge on any atom is -0.356 e. The van der Waals surface area contributed by atoms with Crippen molar-refractivity contribution in [1.82, 2.24) is 15.0 Å².